The second kappa shape index (κ2) is 4.38. The lowest BCUT2D eigenvalue weighted by Crippen LogP contribution is -2.13. The van der Waals surface area contributed by atoms with Crippen molar-refractivity contribution >= 4 is 11.5 Å². The summed E-state index contributed by atoms with van der Waals surface area (Å²) in [5.74, 6) is 0.0557. The minimum Gasteiger partial charge on any atom is -0.378 e. The predicted octanol–water partition coefficient (Wildman–Crippen LogP) is 1.33. The molecule has 1 unspecified atom stereocenters. The summed E-state index contributed by atoms with van der Waals surface area (Å²) in [7, 11) is 1.85. The fourth-order valence-corrected chi connectivity index (χ4v) is 2.33. The van der Waals surface area contributed by atoms with Crippen molar-refractivity contribution < 1.29 is 4.92 Å². The second-order valence-electron chi connectivity index (χ2n) is 4.50. The van der Waals surface area contributed by atoms with E-state index in [1.54, 1.807) is 4.68 Å². The van der Waals surface area contributed by atoms with Gasteiger partial charge in [0.25, 0.3) is 0 Å². The molecule has 0 aromatic carbocycles. The maximum absolute atomic E-state index is 10.8. The van der Waals surface area contributed by atoms with Crippen LogP contribution in [0.4, 0.5) is 11.5 Å². The second-order valence-corrected chi connectivity index (χ2v) is 4.50. The summed E-state index contributed by atoms with van der Waals surface area (Å²) >= 11 is 0. The van der Waals surface area contributed by atoms with Gasteiger partial charge in [0, 0.05) is 18.3 Å². The van der Waals surface area contributed by atoms with E-state index in [9.17, 15) is 10.1 Å². The zero-order valence-electron chi connectivity index (χ0n) is 11.3. The summed E-state index contributed by atoms with van der Waals surface area (Å²) in [6.07, 6.45) is 1.17. The number of nitrogens with two attached hydrogens (primary N) is 1. The van der Waals surface area contributed by atoms with Crippen LogP contribution >= 0.6 is 0 Å². The normalized spacial score (nSPS) is 12.6. The molecule has 0 fully saturated rings. The quantitative estimate of drug-likeness (QED) is 0.665. The molecule has 2 heterocycles. The third kappa shape index (κ3) is 1.94. The van der Waals surface area contributed by atoms with Gasteiger partial charge in [-0.1, -0.05) is 0 Å². The van der Waals surface area contributed by atoms with Crippen LogP contribution in [0.3, 0.4) is 0 Å². The van der Waals surface area contributed by atoms with Gasteiger partial charge in [-0.25, -0.2) is 4.68 Å². The number of aromatic nitrogens is 4. The zero-order valence-corrected chi connectivity index (χ0v) is 11.3. The van der Waals surface area contributed by atoms with E-state index in [0.29, 0.717) is 0 Å². The first-order valence-corrected chi connectivity index (χ1v) is 5.82. The maximum atomic E-state index is 10.8. The van der Waals surface area contributed by atoms with Crippen molar-refractivity contribution in [3.63, 3.8) is 0 Å². The van der Waals surface area contributed by atoms with Crippen molar-refractivity contribution in [2.24, 2.45) is 7.05 Å². The Balaban J connectivity index is 2.50. The molecule has 0 spiro atoms. The van der Waals surface area contributed by atoms with Crippen LogP contribution in [-0.2, 0) is 7.05 Å². The third-order valence-electron chi connectivity index (χ3n) is 3.36. The number of hydrogen-bond acceptors (Lipinski definition) is 5. The molecule has 2 aromatic heterocycles. The van der Waals surface area contributed by atoms with E-state index < -0.39 is 4.92 Å². The summed E-state index contributed by atoms with van der Waals surface area (Å²) in [4.78, 5) is 10.3. The highest BCUT2D eigenvalue weighted by Crippen LogP contribution is 2.29. The van der Waals surface area contributed by atoms with E-state index in [4.69, 9.17) is 5.73 Å². The number of hydrogen-bond donors (Lipinski definition) is 1. The van der Waals surface area contributed by atoms with Gasteiger partial charge in [0.15, 0.2) is 0 Å². The summed E-state index contributed by atoms with van der Waals surface area (Å²) < 4.78 is 3.23. The van der Waals surface area contributed by atoms with Crippen LogP contribution in [0.1, 0.15) is 29.9 Å². The fourth-order valence-electron chi connectivity index (χ4n) is 2.33. The van der Waals surface area contributed by atoms with Gasteiger partial charge in [0.05, 0.1) is 16.7 Å². The lowest BCUT2D eigenvalue weighted by atomic mass is 10.1. The molecule has 2 aromatic rings. The van der Waals surface area contributed by atoms with Gasteiger partial charge in [0.2, 0.25) is 5.82 Å². The highest BCUT2D eigenvalue weighted by atomic mass is 16.6. The zero-order chi connectivity index (χ0) is 14.3. The van der Waals surface area contributed by atoms with E-state index in [-0.39, 0.29) is 17.5 Å². The van der Waals surface area contributed by atoms with Crippen molar-refractivity contribution in [3.05, 3.63) is 33.3 Å². The minimum absolute atomic E-state index is 0.0557. The molecule has 0 saturated carbocycles. The topological polar surface area (TPSA) is 105 Å². The summed E-state index contributed by atoms with van der Waals surface area (Å²) in [5.41, 5.74) is 8.44. The van der Waals surface area contributed by atoms with Crippen LogP contribution in [0.2, 0.25) is 0 Å². The van der Waals surface area contributed by atoms with Crippen LogP contribution in [-0.4, -0.2) is 24.5 Å². The Bertz CT molecular complexity index is 642. The summed E-state index contributed by atoms with van der Waals surface area (Å²) in [6.45, 7) is 5.73. The Labute approximate surface area is 110 Å². The largest absolute Gasteiger partial charge is 0.378 e. The van der Waals surface area contributed by atoms with Crippen LogP contribution in [0, 0.1) is 24.0 Å². The molecule has 0 amide bonds. The molecule has 0 bridgehead atoms. The lowest BCUT2D eigenvalue weighted by molar-refractivity contribution is -0.384. The van der Waals surface area contributed by atoms with Crippen molar-refractivity contribution in [3.8, 4) is 0 Å². The highest BCUT2D eigenvalue weighted by Gasteiger charge is 2.24. The number of nitrogens with zero attached hydrogens (tertiary/aromatic N) is 5. The molecular weight excluding hydrogens is 248 g/mol. The first kappa shape index (κ1) is 13.1. The van der Waals surface area contributed by atoms with Crippen molar-refractivity contribution in [1.82, 2.24) is 19.6 Å². The molecule has 102 valence electrons. The minimum atomic E-state index is -0.533. The Morgan fingerprint density at radius 3 is 2.53 bits per heavy atom. The lowest BCUT2D eigenvalue weighted by Gasteiger charge is -2.14. The molecule has 2 rings (SSSR count). The van der Waals surface area contributed by atoms with Gasteiger partial charge in [-0.3, -0.25) is 14.8 Å². The van der Waals surface area contributed by atoms with Gasteiger partial charge in [-0.15, -0.1) is 0 Å². The molecular formula is C11H16N6O2. The van der Waals surface area contributed by atoms with Crippen LogP contribution in [0.15, 0.2) is 6.20 Å². The Morgan fingerprint density at radius 2 is 2.11 bits per heavy atom. The number of aryl methyl sites for hydroxylation is 2. The molecule has 1 atom stereocenters. The summed E-state index contributed by atoms with van der Waals surface area (Å²) in [5, 5.41) is 19.1. The predicted molar refractivity (Wildman–Crippen MR) is 69.8 cm³/mol. The van der Waals surface area contributed by atoms with Gasteiger partial charge >= 0.3 is 5.69 Å². The Hall–Kier alpha value is -2.38. The molecule has 0 aliphatic heterocycles. The smallest absolute Gasteiger partial charge is 0.330 e. The Morgan fingerprint density at radius 1 is 1.47 bits per heavy atom. The van der Waals surface area contributed by atoms with E-state index >= 15 is 0 Å². The first-order valence-electron chi connectivity index (χ1n) is 5.82. The van der Waals surface area contributed by atoms with Crippen LogP contribution in [0.25, 0.3) is 0 Å². The van der Waals surface area contributed by atoms with Crippen molar-refractivity contribution in [2.45, 2.75) is 26.8 Å². The molecule has 0 radical (unpaired) electrons. The molecule has 0 saturated heterocycles. The van der Waals surface area contributed by atoms with E-state index in [1.165, 1.54) is 10.9 Å². The number of anilines is 1. The van der Waals surface area contributed by atoms with Gasteiger partial charge in [-0.05, 0) is 20.8 Å². The van der Waals surface area contributed by atoms with Crippen LogP contribution in [0.5, 0.6) is 0 Å². The summed E-state index contributed by atoms with van der Waals surface area (Å²) in [6, 6.07) is -0.206. The van der Waals surface area contributed by atoms with Gasteiger partial charge in [0.1, 0.15) is 6.20 Å². The van der Waals surface area contributed by atoms with Crippen molar-refractivity contribution in [2.75, 3.05) is 5.73 Å². The SMILES string of the molecule is Cc1nn(C)c(C)c1C(C)n1ncc([N+](=O)[O-])c1N. The van der Waals surface area contributed by atoms with Crippen molar-refractivity contribution in [1.29, 1.82) is 0 Å². The van der Waals surface area contributed by atoms with Gasteiger partial charge in [-0.2, -0.15) is 10.2 Å². The fraction of sp³-hybridized carbons (Fsp3) is 0.455. The van der Waals surface area contributed by atoms with E-state index in [2.05, 4.69) is 10.2 Å². The molecule has 0 aliphatic rings. The number of rotatable bonds is 3. The molecule has 8 heteroatoms. The molecule has 2 N–H and O–H groups in total. The highest BCUT2D eigenvalue weighted by molar-refractivity contribution is 5.52. The standard InChI is InChI=1S/C11H16N6O2/c1-6-10(7(2)15(4)14-6)8(3)16-11(12)9(5-13-16)17(18)19/h5,8H,12H2,1-4H3. The van der Waals surface area contributed by atoms with E-state index in [0.717, 1.165) is 17.0 Å². The molecule has 0 aliphatic carbocycles. The number of nitro groups is 1. The monoisotopic (exact) mass is 264 g/mol. The number of nitrogen functional groups attached to an aromatic ring is 1. The third-order valence-corrected chi connectivity index (χ3v) is 3.36. The van der Waals surface area contributed by atoms with Crippen LogP contribution < -0.4 is 5.73 Å². The molecule has 19 heavy (non-hydrogen) atoms. The van der Waals surface area contributed by atoms with E-state index in [1.807, 2.05) is 27.8 Å². The average molecular weight is 264 g/mol. The van der Waals surface area contributed by atoms with Gasteiger partial charge < -0.3 is 5.73 Å². The average Bonchev–Trinajstić information content (AvgIpc) is 2.80. The Kier molecular flexibility index (Phi) is 3.01. The first-order chi connectivity index (χ1) is 8.84. The molecule has 8 nitrogen and oxygen atoms in total. The maximum Gasteiger partial charge on any atom is 0.330 e.